The van der Waals surface area contributed by atoms with Gasteiger partial charge in [0.1, 0.15) is 0 Å². The lowest BCUT2D eigenvalue weighted by molar-refractivity contribution is 0.732. The van der Waals surface area contributed by atoms with Gasteiger partial charge in [0.25, 0.3) is 0 Å². The summed E-state index contributed by atoms with van der Waals surface area (Å²) in [6.07, 6.45) is 1.16. The van der Waals surface area contributed by atoms with Gasteiger partial charge in [0.05, 0.1) is 6.04 Å². The van der Waals surface area contributed by atoms with Crippen molar-refractivity contribution in [2.45, 2.75) is 32.2 Å². The molecule has 3 heteroatoms. The number of hydrogen-bond acceptors (Lipinski definition) is 1. The molecule has 1 nitrogen and oxygen atoms in total. The average molecular weight is 444 g/mol. The molecule has 0 saturated heterocycles. The van der Waals surface area contributed by atoms with Gasteiger partial charge in [-0.2, -0.15) is 0 Å². The summed E-state index contributed by atoms with van der Waals surface area (Å²) in [6, 6.07) is 14.9. The van der Waals surface area contributed by atoms with Crippen molar-refractivity contribution in [2.24, 2.45) is 5.73 Å². The van der Waals surface area contributed by atoms with Crippen LogP contribution in [0.15, 0.2) is 46.9 Å². The molecule has 0 spiro atoms. The molecule has 0 fully saturated rings. The largest absolute Gasteiger partial charge is 0.320 e. The van der Waals surface area contributed by atoms with E-state index in [2.05, 4.69) is 94.8 Å². The van der Waals surface area contributed by atoms with Crippen molar-refractivity contribution >= 4 is 38.5 Å². The van der Waals surface area contributed by atoms with Gasteiger partial charge in [-0.05, 0) is 69.8 Å². The van der Waals surface area contributed by atoms with Crippen molar-refractivity contribution in [2.75, 3.05) is 0 Å². The maximum Gasteiger partial charge on any atom is 0.0563 e. The lowest BCUT2D eigenvalue weighted by Gasteiger charge is -2.16. The van der Waals surface area contributed by atoms with Crippen LogP contribution in [0.4, 0.5) is 0 Å². The van der Waals surface area contributed by atoms with Crippen molar-refractivity contribution in [3.05, 3.63) is 67.2 Å². The molecular formula is C17H19BrIN. The third kappa shape index (κ3) is 3.62. The van der Waals surface area contributed by atoms with Crippen molar-refractivity contribution in [1.29, 1.82) is 0 Å². The van der Waals surface area contributed by atoms with E-state index >= 15 is 0 Å². The fourth-order valence-electron chi connectivity index (χ4n) is 2.20. The minimum absolute atomic E-state index is 0.0925. The molecular weight excluding hydrogens is 425 g/mol. The third-order valence-corrected chi connectivity index (χ3v) is 5.16. The Morgan fingerprint density at radius 1 is 1.10 bits per heavy atom. The van der Waals surface area contributed by atoms with E-state index in [1.165, 1.54) is 9.13 Å². The molecule has 0 amide bonds. The summed E-state index contributed by atoms with van der Waals surface area (Å²) >= 11 is 5.91. The summed E-state index contributed by atoms with van der Waals surface area (Å²) in [5.74, 6) is 0.602. The van der Waals surface area contributed by atoms with Gasteiger partial charge in [0.2, 0.25) is 0 Å². The molecule has 2 aromatic carbocycles. The molecule has 0 aromatic heterocycles. The van der Waals surface area contributed by atoms with Crippen LogP contribution in [0.1, 0.15) is 48.9 Å². The summed E-state index contributed by atoms with van der Waals surface area (Å²) in [5.41, 5.74) is 10.1. The number of rotatable bonds is 4. The maximum absolute atomic E-state index is 6.41. The Kier molecular flexibility index (Phi) is 5.64. The van der Waals surface area contributed by atoms with E-state index in [1.807, 2.05) is 0 Å². The summed E-state index contributed by atoms with van der Waals surface area (Å²) in [4.78, 5) is 0. The van der Waals surface area contributed by atoms with Crippen molar-refractivity contribution < 1.29 is 0 Å². The first kappa shape index (κ1) is 16.0. The van der Waals surface area contributed by atoms with Crippen molar-refractivity contribution in [3.63, 3.8) is 0 Å². The lowest BCUT2D eigenvalue weighted by Crippen LogP contribution is -2.12. The fourth-order valence-corrected chi connectivity index (χ4v) is 3.21. The monoisotopic (exact) mass is 443 g/mol. The van der Waals surface area contributed by atoms with Gasteiger partial charge in [-0.3, -0.25) is 0 Å². The van der Waals surface area contributed by atoms with Gasteiger partial charge >= 0.3 is 0 Å². The zero-order valence-corrected chi connectivity index (χ0v) is 15.5. The summed E-state index contributed by atoms with van der Waals surface area (Å²) in [6.45, 7) is 4.47. The van der Waals surface area contributed by atoms with E-state index in [1.54, 1.807) is 0 Å². The number of halogens is 2. The molecule has 0 saturated carbocycles. The van der Waals surface area contributed by atoms with Crippen LogP contribution in [0.3, 0.4) is 0 Å². The lowest BCUT2D eigenvalue weighted by atomic mass is 9.94. The van der Waals surface area contributed by atoms with E-state index in [4.69, 9.17) is 5.73 Å². The van der Waals surface area contributed by atoms with Crippen LogP contribution in [-0.2, 0) is 0 Å². The van der Waals surface area contributed by atoms with Gasteiger partial charge in [-0.15, -0.1) is 0 Å². The van der Waals surface area contributed by atoms with Crippen molar-refractivity contribution in [1.82, 2.24) is 0 Å². The minimum Gasteiger partial charge on any atom is -0.320 e. The molecule has 2 N–H and O–H groups in total. The zero-order valence-electron chi connectivity index (χ0n) is 11.7. The zero-order chi connectivity index (χ0) is 14.7. The van der Waals surface area contributed by atoms with Crippen molar-refractivity contribution in [3.8, 4) is 0 Å². The maximum atomic E-state index is 6.41. The molecule has 0 radical (unpaired) electrons. The van der Waals surface area contributed by atoms with Crippen LogP contribution in [0.5, 0.6) is 0 Å². The normalized spacial score (nSPS) is 14.1. The highest BCUT2D eigenvalue weighted by Crippen LogP contribution is 2.29. The van der Waals surface area contributed by atoms with Crippen LogP contribution >= 0.6 is 38.5 Å². The van der Waals surface area contributed by atoms with Gasteiger partial charge < -0.3 is 5.73 Å². The molecule has 0 aliphatic carbocycles. The molecule has 0 aliphatic heterocycles. The predicted molar refractivity (Wildman–Crippen MR) is 98.0 cm³/mol. The van der Waals surface area contributed by atoms with E-state index < -0.39 is 0 Å². The third-order valence-electron chi connectivity index (χ3n) is 3.77. The SMILES string of the molecule is CCC(C)c1ccc(C(N)c2cc(I)ccc2Br)cc1. The second kappa shape index (κ2) is 7.05. The Labute approximate surface area is 143 Å². The highest BCUT2D eigenvalue weighted by atomic mass is 127. The van der Waals surface area contributed by atoms with Crippen LogP contribution < -0.4 is 5.73 Å². The highest BCUT2D eigenvalue weighted by molar-refractivity contribution is 14.1. The average Bonchev–Trinajstić information content (AvgIpc) is 2.48. The van der Waals surface area contributed by atoms with Gasteiger partial charge in [-0.1, -0.05) is 54.0 Å². The Morgan fingerprint density at radius 2 is 1.70 bits per heavy atom. The van der Waals surface area contributed by atoms with Crippen LogP contribution in [0, 0.1) is 3.57 Å². The van der Waals surface area contributed by atoms with E-state index in [9.17, 15) is 0 Å². The first-order valence-corrected chi connectivity index (χ1v) is 8.70. The van der Waals surface area contributed by atoms with E-state index in [0.717, 1.165) is 22.0 Å². The molecule has 2 unspecified atom stereocenters. The molecule has 2 rings (SSSR count). The van der Waals surface area contributed by atoms with Gasteiger partial charge in [-0.25, -0.2) is 0 Å². The molecule has 0 aliphatic rings. The topological polar surface area (TPSA) is 26.0 Å². The first-order valence-electron chi connectivity index (χ1n) is 6.83. The van der Waals surface area contributed by atoms with Crippen LogP contribution in [0.25, 0.3) is 0 Å². The second-order valence-electron chi connectivity index (χ2n) is 5.12. The standard InChI is InChI=1S/C17H19BrIN/c1-3-11(2)12-4-6-13(7-5-12)17(20)15-10-14(19)8-9-16(15)18/h4-11,17H,3,20H2,1-2H3. The molecule has 0 heterocycles. The van der Waals surface area contributed by atoms with Gasteiger partial charge in [0.15, 0.2) is 0 Å². The van der Waals surface area contributed by atoms with E-state index in [-0.39, 0.29) is 6.04 Å². The molecule has 106 valence electrons. The number of benzene rings is 2. The summed E-state index contributed by atoms with van der Waals surface area (Å²) in [5, 5.41) is 0. The number of hydrogen-bond donors (Lipinski definition) is 1. The van der Waals surface area contributed by atoms with Crippen LogP contribution in [0.2, 0.25) is 0 Å². The van der Waals surface area contributed by atoms with Gasteiger partial charge in [0, 0.05) is 8.04 Å². The Bertz CT molecular complexity index is 580. The summed E-state index contributed by atoms with van der Waals surface area (Å²) in [7, 11) is 0. The Hall–Kier alpha value is -0.390. The Balaban J connectivity index is 2.29. The minimum atomic E-state index is -0.0925. The van der Waals surface area contributed by atoms with E-state index in [0.29, 0.717) is 5.92 Å². The quantitative estimate of drug-likeness (QED) is 0.610. The molecule has 0 bridgehead atoms. The molecule has 2 atom stereocenters. The highest BCUT2D eigenvalue weighted by Gasteiger charge is 2.13. The fraction of sp³-hybridized carbons (Fsp3) is 0.294. The smallest absolute Gasteiger partial charge is 0.0563 e. The number of nitrogens with two attached hydrogens (primary N) is 1. The Morgan fingerprint density at radius 3 is 2.30 bits per heavy atom. The van der Waals surface area contributed by atoms with Crippen LogP contribution in [-0.4, -0.2) is 0 Å². The predicted octanol–water partition coefficient (Wildman–Crippen LogP) is 5.62. The summed E-state index contributed by atoms with van der Waals surface area (Å²) < 4.78 is 2.27. The molecule has 20 heavy (non-hydrogen) atoms. The first-order chi connectivity index (χ1) is 9.52. The second-order valence-corrected chi connectivity index (χ2v) is 7.22. The molecule has 2 aromatic rings.